The van der Waals surface area contributed by atoms with Crippen molar-refractivity contribution in [2.45, 2.75) is 10.9 Å². The first-order valence-electron chi connectivity index (χ1n) is 4.49. The molecule has 3 N–H and O–H groups in total. The highest BCUT2D eigenvalue weighted by Gasteiger charge is 2.01. The van der Waals surface area contributed by atoms with Gasteiger partial charge in [0.25, 0.3) is 5.56 Å². The van der Waals surface area contributed by atoms with Gasteiger partial charge >= 0.3 is 0 Å². The van der Waals surface area contributed by atoms with E-state index in [-0.39, 0.29) is 11.5 Å². The molecular formula is C9H9N5OS. The van der Waals surface area contributed by atoms with Gasteiger partial charge in [-0.2, -0.15) is 0 Å². The van der Waals surface area contributed by atoms with Gasteiger partial charge in [-0.3, -0.25) is 9.78 Å². The standard InChI is InChI=1S/C9H9N5OS/c10-8-13-6(4-7(15)14-8)5-16-9-11-2-1-3-12-9/h1-4H,5H2,(H3,10,13,14,15). The average Bonchev–Trinajstić information content (AvgIpc) is 2.27. The number of hydrogen-bond donors (Lipinski definition) is 2. The molecule has 0 fully saturated rings. The zero-order chi connectivity index (χ0) is 11.4. The maximum atomic E-state index is 11.1. The van der Waals surface area contributed by atoms with E-state index in [9.17, 15) is 4.79 Å². The molecule has 0 aliphatic carbocycles. The summed E-state index contributed by atoms with van der Waals surface area (Å²) in [5.74, 6) is 0.634. The molecule has 0 aromatic carbocycles. The summed E-state index contributed by atoms with van der Waals surface area (Å²) in [5.41, 5.74) is 5.78. The maximum absolute atomic E-state index is 11.1. The molecule has 0 spiro atoms. The number of anilines is 1. The minimum atomic E-state index is -0.253. The predicted octanol–water partition coefficient (Wildman–Crippen LogP) is 0.434. The zero-order valence-electron chi connectivity index (χ0n) is 8.25. The van der Waals surface area contributed by atoms with Crippen molar-refractivity contribution >= 4 is 17.7 Å². The molecule has 0 aliphatic rings. The molecule has 82 valence electrons. The van der Waals surface area contributed by atoms with Gasteiger partial charge in [-0.05, 0) is 6.07 Å². The number of nitrogens with one attached hydrogen (secondary N) is 1. The van der Waals surface area contributed by atoms with Crippen molar-refractivity contribution < 1.29 is 0 Å². The van der Waals surface area contributed by atoms with Crippen LogP contribution in [0.25, 0.3) is 0 Å². The van der Waals surface area contributed by atoms with Gasteiger partial charge in [0, 0.05) is 24.2 Å². The van der Waals surface area contributed by atoms with E-state index in [4.69, 9.17) is 5.73 Å². The van der Waals surface area contributed by atoms with Crippen molar-refractivity contribution in [3.8, 4) is 0 Å². The molecule has 0 bridgehead atoms. The molecule has 2 heterocycles. The van der Waals surface area contributed by atoms with E-state index >= 15 is 0 Å². The summed E-state index contributed by atoms with van der Waals surface area (Å²) in [6.45, 7) is 0. The first-order chi connectivity index (χ1) is 7.74. The Morgan fingerprint density at radius 3 is 2.81 bits per heavy atom. The molecule has 0 saturated heterocycles. The summed E-state index contributed by atoms with van der Waals surface area (Å²) in [4.78, 5) is 25.6. The molecule has 0 amide bonds. The zero-order valence-corrected chi connectivity index (χ0v) is 9.07. The van der Waals surface area contributed by atoms with Crippen molar-refractivity contribution in [3.63, 3.8) is 0 Å². The lowest BCUT2D eigenvalue weighted by atomic mass is 10.4. The van der Waals surface area contributed by atoms with Crippen LogP contribution in [0.1, 0.15) is 5.69 Å². The molecule has 16 heavy (non-hydrogen) atoms. The van der Waals surface area contributed by atoms with E-state index in [1.54, 1.807) is 18.5 Å². The third-order valence-corrected chi connectivity index (χ3v) is 2.61. The predicted molar refractivity (Wildman–Crippen MR) is 60.9 cm³/mol. The lowest BCUT2D eigenvalue weighted by Crippen LogP contribution is -2.11. The number of nitrogens with two attached hydrogens (primary N) is 1. The van der Waals surface area contributed by atoms with Crippen LogP contribution in [0.2, 0.25) is 0 Å². The van der Waals surface area contributed by atoms with Gasteiger partial charge in [-0.15, -0.1) is 0 Å². The topological polar surface area (TPSA) is 97.5 Å². The molecule has 7 heteroatoms. The van der Waals surface area contributed by atoms with E-state index < -0.39 is 0 Å². The Kier molecular flexibility index (Phi) is 3.16. The number of H-pyrrole nitrogens is 1. The van der Waals surface area contributed by atoms with Gasteiger partial charge in [0.15, 0.2) is 5.16 Å². The monoisotopic (exact) mass is 235 g/mol. The van der Waals surface area contributed by atoms with Crippen LogP contribution in [0.5, 0.6) is 0 Å². The molecule has 2 aromatic heterocycles. The van der Waals surface area contributed by atoms with Crippen LogP contribution in [0.4, 0.5) is 5.95 Å². The highest BCUT2D eigenvalue weighted by molar-refractivity contribution is 7.98. The van der Waals surface area contributed by atoms with Crippen LogP contribution in [-0.2, 0) is 5.75 Å². The minimum absolute atomic E-state index is 0.122. The molecule has 0 atom stereocenters. The average molecular weight is 235 g/mol. The van der Waals surface area contributed by atoms with Crippen molar-refractivity contribution in [3.05, 3.63) is 40.6 Å². The Morgan fingerprint density at radius 1 is 1.38 bits per heavy atom. The van der Waals surface area contributed by atoms with Crippen LogP contribution >= 0.6 is 11.8 Å². The quantitative estimate of drug-likeness (QED) is 0.591. The first kappa shape index (κ1) is 10.6. The summed E-state index contributed by atoms with van der Waals surface area (Å²) in [6.07, 6.45) is 3.32. The van der Waals surface area contributed by atoms with Crippen molar-refractivity contribution in [1.82, 2.24) is 19.9 Å². The molecule has 0 saturated carbocycles. The van der Waals surface area contributed by atoms with Gasteiger partial charge < -0.3 is 5.73 Å². The van der Waals surface area contributed by atoms with E-state index in [1.807, 2.05) is 0 Å². The Balaban J connectivity index is 2.08. The largest absolute Gasteiger partial charge is 0.369 e. The fourth-order valence-electron chi connectivity index (χ4n) is 1.10. The molecule has 2 aromatic rings. The minimum Gasteiger partial charge on any atom is -0.369 e. The second-order valence-corrected chi connectivity index (χ2v) is 3.88. The SMILES string of the molecule is Nc1nc(CSc2ncccn2)cc(=O)[nH]1. The van der Waals surface area contributed by atoms with Crippen molar-refractivity contribution in [2.75, 3.05) is 5.73 Å². The number of thioether (sulfide) groups is 1. The third-order valence-electron chi connectivity index (χ3n) is 1.70. The first-order valence-corrected chi connectivity index (χ1v) is 5.48. The number of aromatic amines is 1. The van der Waals surface area contributed by atoms with Crippen molar-refractivity contribution in [2.24, 2.45) is 0 Å². The molecule has 0 unspecified atom stereocenters. The summed E-state index contributed by atoms with van der Waals surface area (Å²) in [5, 5.41) is 0.642. The van der Waals surface area contributed by atoms with Crippen molar-refractivity contribution in [1.29, 1.82) is 0 Å². The normalized spacial score (nSPS) is 10.2. The van der Waals surface area contributed by atoms with Crippen LogP contribution in [0.3, 0.4) is 0 Å². The van der Waals surface area contributed by atoms with Gasteiger partial charge in [-0.25, -0.2) is 15.0 Å². The number of rotatable bonds is 3. The lowest BCUT2D eigenvalue weighted by molar-refractivity contribution is 0.963. The fourth-order valence-corrected chi connectivity index (χ4v) is 1.80. The smallest absolute Gasteiger partial charge is 0.252 e. The van der Waals surface area contributed by atoms with Gasteiger partial charge in [0.2, 0.25) is 5.95 Å². The number of nitrogen functional groups attached to an aromatic ring is 1. The number of hydrogen-bond acceptors (Lipinski definition) is 6. The lowest BCUT2D eigenvalue weighted by Gasteiger charge is -1.99. The summed E-state index contributed by atoms with van der Waals surface area (Å²) in [6, 6.07) is 3.15. The van der Waals surface area contributed by atoms with Crippen LogP contribution in [0, 0.1) is 0 Å². The number of nitrogens with zero attached hydrogens (tertiary/aromatic N) is 3. The molecular weight excluding hydrogens is 226 g/mol. The fraction of sp³-hybridized carbons (Fsp3) is 0.111. The second-order valence-electron chi connectivity index (χ2n) is 2.94. The Morgan fingerprint density at radius 2 is 2.12 bits per heavy atom. The molecule has 2 rings (SSSR count). The maximum Gasteiger partial charge on any atom is 0.252 e. The van der Waals surface area contributed by atoms with Crippen LogP contribution < -0.4 is 11.3 Å². The van der Waals surface area contributed by atoms with Gasteiger partial charge in [0.1, 0.15) is 0 Å². The Hall–Kier alpha value is -1.89. The van der Waals surface area contributed by atoms with E-state index in [0.717, 1.165) is 0 Å². The van der Waals surface area contributed by atoms with E-state index in [0.29, 0.717) is 16.6 Å². The summed E-state index contributed by atoms with van der Waals surface area (Å²) < 4.78 is 0. The van der Waals surface area contributed by atoms with E-state index in [1.165, 1.54) is 17.8 Å². The number of aromatic nitrogens is 4. The highest BCUT2D eigenvalue weighted by atomic mass is 32.2. The summed E-state index contributed by atoms with van der Waals surface area (Å²) >= 11 is 1.40. The highest BCUT2D eigenvalue weighted by Crippen LogP contribution is 2.16. The summed E-state index contributed by atoms with van der Waals surface area (Å²) in [7, 11) is 0. The molecule has 6 nitrogen and oxygen atoms in total. The third kappa shape index (κ3) is 2.80. The Labute approximate surface area is 95.4 Å². The molecule has 0 aliphatic heterocycles. The Bertz CT molecular complexity index is 527. The molecule has 0 radical (unpaired) electrons. The van der Waals surface area contributed by atoms with Gasteiger partial charge in [-0.1, -0.05) is 11.8 Å². The van der Waals surface area contributed by atoms with Gasteiger partial charge in [0.05, 0.1) is 5.69 Å². The van der Waals surface area contributed by atoms with Crippen LogP contribution in [-0.4, -0.2) is 19.9 Å². The van der Waals surface area contributed by atoms with Crippen LogP contribution in [0.15, 0.2) is 34.5 Å². The van der Waals surface area contributed by atoms with E-state index in [2.05, 4.69) is 19.9 Å². The second kappa shape index (κ2) is 4.75.